The van der Waals surface area contributed by atoms with E-state index in [-0.39, 0.29) is 18.0 Å². The third-order valence-corrected chi connectivity index (χ3v) is 2.79. The van der Waals surface area contributed by atoms with Gasteiger partial charge in [-0.25, -0.2) is 4.98 Å². The number of rotatable bonds is 5. The smallest absolute Gasteiger partial charge is 0.311 e. The molecular formula is C14H15N3O3. The van der Waals surface area contributed by atoms with Crippen molar-refractivity contribution in [1.29, 1.82) is 0 Å². The lowest BCUT2D eigenvalue weighted by Crippen LogP contribution is -2.01. The van der Waals surface area contributed by atoms with E-state index in [9.17, 15) is 10.1 Å². The van der Waals surface area contributed by atoms with Crippen molar-refractivity contribution in [3.8, 4) is 5.75 Å². The van der Waals surface area contributed by atoms with Crippen LogP contribution in [0.15, 0.2) is 36.5 Å². The van der Waals surface area contributed by atoms with Gasteiger partial charge in [0.25, 0.3) is 0 Å². The van der Waals surface area contributed by atoms with E-state index < -0.39 is 4.92 Å². The van der Waals surface area contributed by atoms with Gasteiger partial charge in [-0.1, -0.05) is 6.07 Å². The van der Waals surface area contributed by atoms with Gasteiger partial charge in [0.1, 0.15) is 12.4 Å². The van der Waals surface area contributed by atoms with Crippen molar-refractivity contribution < 1.29 is 9.66 Å². The van der Waals surface area contributed by atoms with Crippen molar-refractivity contribution in [2.45, 2.75) is 13.5 Å². The van der Waals surface area contributed by atoms with Gasteiger partial charge in [0.15, 0.2) is 5.75 Å². The van der Waals surface area contributed by atoms with Crippen LogP contribution in [0.1, 0.15) is 11.1 Å². The fourth-order valence-electron chi connectivity index (χ4n) is 1.75. The topological polar surface area (TPSA) is 77.3 Å². The Labute approximate surface area is 116 Å². The summed E-state index contributed by atoms with van der Waals surface area (Å²) in [6.45, 7) is 2.06. The second-order valence-electron chi connectivity index (χ2n) is 4.32. The average molecular weight is 273 g/mol. The second-order valence-corrected chi connectivity index (χ2v) is 4.32. The number of aromatic nitrogens is 1. The molecule has 0 fully saturated rings. The molecular weight excluding hydrogens is 258 g/mol. The molecule has 0 saturated carbocycles. The first-order valence-corrected chi connectivity index (χ1v) is 6.10. The highest BCUT2D eigenvalue weighted by molar-refractivity contribution is 5.48. The number of hydrogen-bond acceptors (Lipinski definition) is 5. The zero-order valence-electron chi connectivity index (χ0n) is 11.3. The van der Waals surface area contributed by atoms with Crippen LogP contribution in [0.25, 0.3) is 0 Å². The van der Waals surface area contributed by atoms with Crippen molar-refractivity contribution in [2.24, 2.45) is 0 Å². The van der Waals surface area contributed by atoms with E-state index in [4.69, 9.17) is 4.74 Å². The molecule has 0 radical (unpaired) electrons. The Morgan fingerprint density at radius 2 is 2.15 bits per heavy atom. The maximum Gasteiger partial charge on any atom is 0.311 e. The molecule has 0 aliphatic carbocycles. The normalized spacial score (nSPS) is 10.1. The third-order valence-electron chi connectivity index (χ3n) is 2.79. The molecule has 1 N–H and O–H groups in total. The number of nitro groups is 1. The van der Waals surface area contributed by atoms with Crippen molar-refractivity contribution in [3.63, 3.8) is 0 Å². The number of ether oxygens (including phenoxy) is 1. The van der Waals surface area contributed by atoms with Gasteiger partial charge in [-0.15, -0.1) is 0 Å². The van der Waals surface area contributed by atoms with Gasteiger partial charge >= 0.3 is 5.69 Å². The fourth-order valence-corrected chi connectivity index (χ4v) is 1.75. The lowest BCUT2D eigenvalue weighted by Gasteiger charge is -2.08. The standard InChI is InChI=1S/C14H15N3O3/c1-10-3-4-13(12(7-10)17(18)19)20-9-11-5-6-16-14(8-11)15-2/h3-8H,9H2,1-2H3,(H,15,16). The number of aryl methyl sites for hydroxylation is 1. The van der Waals surface area contributed by atoms with Gasteiger partial charge in [-0.2, -0.15) is 0 Å². The number of pyridine rings is 1. The summed E-state index contributed by atoms with van der Waals surface area (Å²) in [5.41, 5.74) is 1.69. The van der Waals surface area contributed by atoms with Crippen LogP contribution >= 0.6 is 0 Å². The molecule has 0 aliphatic heterocycles. The monoisotopic (exact) mass is 273 g/mol. The molecule has 20 heavy (non-hydrogen) atoms. The second kappa shape index (κ2) is 6.01. The summed E-state index contributed by atoms with van der Waals surface area (Å²) in [6.07, 6.45) is 1.66. The van der Waals surface area contributed by atoms with Crippen molar-refractivity contribution in [2.75, 3.05) is 12.4 Å². The van der Waals surface area contributed by atoms with Crippen molar-refractivity contribution in [3.05, 3.63) is 57.8 Å². The van der Waals surface area contributed by atoms with Crippen LogP contribution in [0.4, 0.5) is 11.5 Å². The van der Waals surface area contributed by atoms with Gasteiger partial charge in [-0.05, 0) is 36.2 Å². The number of nitrogens with one attached hydrogen (secondary N) is 1. The minimum absolute atomic E-state index is 0.0205. The van der Waals surface area contributed by atoms with Crippen LogP contribution in [-0.2, 0) is 6.61 Å². The average Bonchev–Trinajstić information content (AvgIpc) is 2.46. The van der Waals surface area contributed by atoms with Crippen LogP contribution in [0, 0.1) is 17.0 Å². The van der Waals surface area contributed by atoms with Gasteiger partial charge in [0.2, 0.25) is 0 Å². The zero-order chi connectivity index (χ0) is 14.5. The van der Waals surface area contributed by atoms with Crippen molar-refractivity contribution >= 4 is 11.5 Å². The van der Waals surface area contributed by atoms with Crippen LogP contribution in [0.2, 0.25) is 0 Å². The van der Waals surface area contributed by atoms with E-state index in [0.29, 0.717) is 0 Å². The lowest BCUT2D eigenvalue weighted by atomic mass is 10.2. The maximum absolute atomic E-state index is 11.0. The van der Waals surface area contributed by atoms with E-state index in [1.54, 1.807) is 38.4 Å². The number of nitro benzene ring substituents is 1. The molecule has 6 heteroatoms. The summed E-state index contributed by atoms with van der Waals surface area (Å²) in [5, 5.41) is 13.9. The van der Waals surface area contributed by atoms with Gasteiger partial charge in [0.05, 0.1) is 4.92 Å². The van der Waals surface area contributed by atoms with Crippen LogP contribution in [0.5, 0.6) is 5.75 Å². The zero-order valence-corrected chi connectivity index (χ0v) is 11.3. The Hall–Kier alpha value is -2.63. The molecule has 0 saturated heterocycles. The highest BCUT2D eigenvalue weighted by Crippen LogP contribution is 2.28. The Morgan fingerprint density at radius 3 is 2.85 bits per heavy atom. The largest absolute Gasteiger partial charge is 0.482 e. The number of anilines is 1. The van der Waals surface area contributed by atoms with E-state index in [0.717, 1.165) is 16.9 Å². The Kier molecular flexibility index (Phi) is 4.14. The van der Waals surface area contributed by atoms with E-state index in [1.807, 2.05) is 6.07 Å². The molecule has 0 bridgehead atoms. The van der Waals surface area contributed by atoms with Gasteiger partial charge in [-0.3, -0.25) is 10.1 Å². The summed E-state index contributed by atoms with van der Waals surface area (Å²) in [5.74, 6) is 0.993. The summed E-state index contributed by atoms with van der Waals surface area (Å²) in [4.78, 5) is 14.7. The molecule has 1 aromatic carbocycles. The third kappa shape index (κ3) is 3.23. The molecule has 0 amide bonds. The quantitative estimate of drug-likeness (QED) is 0.669. The van der Waals surface area contributed by atoms with Crippen LogP contribution < -0.4 is 10.1 Å². The molecule has 2 aromatic rings. The minimum atomic E-state index is -0.437. The number of benzene rings is 1. The minimum Gasteiger partial charge on any atom is -0.482 e. The summed E-state index contributed by atoms with van der Waals surface area (Å²) in [6, 6.07) is 8.54. The molecule has 0 spiro atoms. The summed E-state index contributed by atoms with van der Waals surface area (Å²) in [7, 11) is 1.78. The molecule has 0 unspecified atom stereocenters. The van der Waals surface area contributed by atoms with E-state index in [1.165, 1.54) is 6.07 Å². The number of hydrogen-bond donors (Lipinski definition) is 1. The van der Waals surface area contributed by atoms with Crippen LogP contribution in [-0.4, -0.2) is 17.0 Å². The molecule has 2 rings (SSSR count). The Balaban J connectivity index is 2.16. The SMILES string of the molecule is CNc1cc(COc2ccc(C)cc2[N+](=O)[O-])ccn1. The van der Waals surface area contributed by atoms with Gasteiger partial charge < -0.3 is 10.1 Å². The molecule has 104 valence electrons. The van der Waals surface area contributed by atoms with E-state index in [2.05, 4.69) is 10.3 Å². The Bertz CT molecular complexity index is 629. The highest BCUT2D eigenvalue weighted by atomic mass is 16.6. The van der Waals surface area contributed by atoms with Gasteiger partial charge in [0, 0.05) is 19.3 Å². The summed E-state index contributed by atoms with van der Waals surface area (Å²) >= 11 is 0. The predicted molar refractivity (Wildman–Crippen MR) is 75.9 cm³/mol. The molecule has 0 aliphatic rings. The molecule has 0 atom stereocenters. The first-order chi connectivity index (χ1) is 9.60. The first-order valence-electron chi connectivity index (χ1n) is 6.10. The fraction of sp³-hybridized carbons (Fsp3) is 0.214. The number of nitrogens with zero attached hydrogens (tertiary/aromatic N) is 2. The van der Waals surface area contributed by atoms with Crippen LogP contribution in [0.3, 0.4) is 0 Å². The molecule has 1 aromatic heterocycles. The highest BCUT2D eigenvalue weighted by Gasteiger charge is 2.15. The van der Waals surface area contributed by atoms with E-state index >= 15 is 0 Å². The predicted octanol–water partition coefficient (Wildman–Crippen LogP) is 2.92. The molecule has 6 nitrogen and oxygen atoms in total. The molecule has 1 heterocycles. The Morgan fingerprint density at radius 1 is 1.35 bits per heavy atom. The van der Waals surface area contributed by atoms with Crippen molar-refractivity contribution in [1.82, 2.24) is 4.98 Å². The lowest BCUT2D eigenvalue weighted by molar-refractivity contribution is -0.386. The first kappa shape index (κ1) is 13.8. The maximum atomic E-state index is 11.0. The summed E-state index contributed by atoms with van der Waals surface area (Å²) < 4.78 is 5.54.